The second-order valence-corrected chi connectivity index (χ2v) is 10.2. The van der Waals surface area contributed by atoms with Crippen molar-refractivity contribution in [3.63, 3.8) is 0 Å². The van der Waals surface area contributed by atoms with Crippen LogP contribution in [0.25, 0.3) is 11.0 Å². The van der Waals surface area contributed by atoms with E-state index in [1.54, 1.807) is 0 Å². The highest BCUT2D eigenvalue weighted by molar-refractivity contribution is 5.80. The van der Waals surface area contributed by atoms with Crippen molar-refractivity contribution in [2.75, 3.05) is 57.3 Å². The summed E-state index contributed by atoms with van der Waals surface area (Å²) >= 11 is 0. The molecule has 1 atom stereocenters. The standard InChI is InChI=1S/C26H40N6O/c33-25(21-8-6-17-32(20-21)26-28-23-9-2-3-10-24(23)29-26)27-13-7-14-30-18-11-22(12-19-30)31-15-4-1-5-16-31/h2-3,9-10,21-22H,1,4-8,11-20H2,(H,27,33)(H,28,29)/t21-/m0/s1. The zero-order chi connectivity index (χ0) is 22.5. The molecular formula is C26H40N6O. The number of aromatic amines is 1. The number of carbonyl (C=O) groups is 1. The van der Waals surface area contributed by atoms with Crippen molar-refractivity contribution in [2.24, 2.45) is 5.92 Å². The molecule has 1 aromatic carbocycles. The molecule has 3 fully saturated rings. The number of nitrogens with zero attached hydrogens (tertiary/aromatic N) is 4. The van der Waals surface area contributed by atoms with Crippen LogP contribution in [0.15, 0.2) is 24.3 Å². The minimum Gasteiger partial charge on any atom is -0.356 e. The van der Waals surface area contributed by atoms with Gasteiger partial charge in [-0.15, -0.1) is 0 Å². The predicted octanol–water partition coefficient (Wildman–Crippen LogP) is 3.24. The van der Waals surface area contributed by atoms with Crippen molar-refractivity contribution < 1.29 is 4.79 Å². The first kappa shape index (κ1) is 22.7. The van der Waals surface area contributed by atoms with Gasteiger partial charge in [-0.2, -0.15) is 0 Å². The number of aromatic nitrogens is 2. The smallest absolute Gasteiger partial charge is 0.224 e. The molecule has 7 nitrogen and oxygen atoms in total. The summed E-state index contributed by atoms with van der Waals surface area (Å²) in [6, 6.07) is 8.92. The van der Waals surface area contributed by atoms with Crippen LogP contribution in [0.5, 0.6) is 0 Å². The first-order valence-electron chi connectivity index (χ1n) is 13.2. The third-order valence-electron chi connectivity index (χ3n) is 7.88. The third-order valence-corrected chi connectivity index (χ3v) is 7.88. The van der Waals surface area contributed by atoms with Crippen LogP contribution in [0.1, 0.15) is 51.4 Å². The molecule has 1 aromatic heterocycles. The summed E-state index contributed by atoms with van der Waals surface area (Å²) in [5.74, 6) is 1.15. The lowest BCUT2D eigenvalue weighted by Crippen LogP contribution is -2.47. The number of imidazole rings is 1. The molecule has 3 saturated heterocycles. The van der Waals surface area contributed by atoms with E-state index in [1.807, 2.05) is 18.2 Å². The molecule has 3 aliphatic heterocycles. The number of hydrogen-bond donors (Lipinski definition) is 2. The maximum Gasteiger partial charge on any atom is 0.224 e. The van der Waals surface area contributed by atoms with E-state index in [0.29, 0.717) is 0 Å². The molecule has 7 heteroatoms. The molecular weight excluding hydrogens is 412 g/mol. The van der Waals surface area contributed by atoms with Crippen molar-refractivity contribution in [1.29, 1.82) is 0 Å². The van der Waals surface area contributed by atoms with Gasteiger partial charge in [-0.05, 0) is 89.8 Å². The number of piperidine rings is 3. The highest BCUT2D eigenvalue weighted by Crippen LogP contribution is 2.24. The fraction of sp³-hybridized carbons (Fsp3) is 0.692. The molecule has 0 radical (unpaired) electrons. The number of amides is 1. The number of anilines is 1. The molecule has 2 N–H and O–H groups in total. The van der Waals surface area contributed by atoms with Gasteiger partial charge in [0.15, 0.2) is 0 Å². The van der Waals surface area contributed by atoms with E-state index in [-0.39, 0.29) is 11.8 Å². The van der Waals surface area contributed by atoms with Crippen LogP contribution < -0.4 is 10.2 Å². The number of carbonyl (C=O) groups excluding carboxylic acids is 1. The summed E-state index contributed by atoms with van der Waals surface area (Å²) in [5.41, 5.74) is 2.04. The summed E-state index contributed by atoms with van der Waals surface area (Å²) in [4.78, 5) is 28.5. The van der Waals surface area contributed by atoms with Gasteiger partial charge in [0.05, 0.1) is 17.0 Å². The van der Waals surface area contributed by atoms with Crippen molar-refractivity contribution in [2.45, 2.75) is 57.4 Å². The van der Waals surface area contributed by atoms with Gasteiger partial charge in [0, 0.05) is 25.7 Å². The first-order valence-corrected chi connectivity index (χ1v) is 13.2. The number of H-pyrrole nitrogens is 1. The van der Waals surface area contributed by atoms with Gasteiger partial charge in [0.25, 0.3) is 0 Å². The van der Waals surface area contributed by atoms with Gasteiger partial charge in [-0.1, -0.05) is 18.6 Å². The number of benzene rings is 1. The maximum absolute atomic E-state index is 12.8. The fourth-order valence-corrected chi connectivity index (χ4v) is 5.92. The molecule has 0 unspecified atom stereocenters. The Hall–Kier alpha value is -2.12. The number of para-hydroxylation sites is 2. The molecule has 5 rings (SSSR count). The highest BCUT2D eigenvalue weighted by atomic mass is 16.1. The Kier molecular flexibility index (Phi) is 7.47. The van der Waals surface area contributed by atoms with E-state index in [4.69, 9.17) is 4.98 Å². The van der Waals surface area contributed by atoms with Gasteiger partial charge in [0.2, 0.25) is 11.9 Å². The highest BCUT2D eigenvalue weighted by Gasteiger charge is 2.28. The van der Waals surface area contributed by atoms with Gasteiger partial charge >= 0.3 is 0 Å². The summed E-state index contributed by atoms with van der Waals surface area (Å²) in [6.45, 7) is 8.63. The fourth-order valence-electron chi connectivity index (χ4n) is 5.92. The minimum absolute atomic E-state index is 0.0484. The summed E-state index contributed by atoms with van der Waals surface area (Å²) in [7, 11) is 0. The number of nitrogens with one attached hydrogen (secondary N) is 2. The molecule has 180 valence electrons. The van der Waals surface area contributed by atoms with E-state index in [0.717, 1.165) is 68.5 Å². The molecule has 1 amide bonds. The Balaban J connectivity index is 1.01. The molecule has 0 saturated carbocycles. The maximum atomic E-state index is 12.8. The van der Waals surface area contributed by atoms with Gasteiger partial charge in [-0.3, -0.25) is 4.79 Å². The first-order chi connectivity index (χ1) is 16.3. The van der Waals surface area contributed by atoms with Crippen molar-refractivity contribution >= 4 is 22.9 Å². The van der Waals surface area contributed by atoms with Crippen LogP contribution in [-0.2, 0) is 4.79 Å². The summed E-state index contributed by atoms with van der Waals surface area (Å²) < 4.78 is 0. The predicted molar refractivity (Wildman–Crippen MR) is 134 cm³/mol. The number of rotatable bonds is 7. The van der Waals surface area contributed by atoms with Crippen molar-refractivity contribution in [1.82, 2.24) is 25.1 Å². The quantitative estimate of drug-likeness (QED) is 0.632. The molecule has 0 bridgehead atoms. The summed E-state index contributed by atoms with van der Waals surface area (Å²) in [6.07, 6.45) is 9.85. The molecule has 3 aliphatic rings. The lowest BCUT2D eigenvalue weighted by atomic mass is 9.97. The van der Waals surface area contributed by atoms with E-state index in [2.05, 4.69) is 31.1 Å². The van der Waals surface area contributed by atoms with E-state index in [9.17, 15) is 4.79 Å². The number of hydrogen-bond acceptors (Lipinski definition) is 5. The average Bonchev–Trinajstić information content (AvgIpc) is 3.32. The van der Waals surface area contributed by atoms with Crippen LogP contribution >= 0.6 is 0 Å². The minimum atomic E-state index is 0.0484. The molecule has 2 aromatic rings. The lowest BCUT2D eigenvalue weighted by Gasteiger charge is -2.40. The summed E-state index contributed by atoms with van der Waals surface area (Å²) in [5, 5.41) is 3.22. The SMILES string of the molecule is O=C(NCCCN1CCC(N2CCCCC2)CC1)[C@H]1CCCN(c2nc3ccccc3[nH]2)C1. The van der Waals surface area contributed by atoms with Crippen LogP contribution in [-0.4, -0.2) is 84.1 Å². The largest absolute Gasteiger partial charge is 0.356 e. The van der Waals surface area contributed by atoms with Crippen molar-refractivity contribution in [3.05, 3.63) is 24.3 Å². The molecule has 33 heavy (non-hydrogen) atoms. The van der Waals surface area contributed by atoms with Crippen molar-refractivity contribution in [3.8, 4) is 0 Å². The average molecular weight is 453 g/mol. The number of fused-ring (bicyclic) bond motifs is 1. The molecule has 0 spiro atoms. The molecule has 4 heterocycles. The third kappa shape index (κ3) is 5.69. The normalized spacial score (nSPS) is 23.8. The monoisotopic (exact) mass is 452 g/mol. The Morgan fingerprint density at radius 2 is 1.82 bits per heavy atom. The second-order valence-electron chi connectivity index (χ2n) is 10.2. The second kappa shape index (κ2) is 10.9. The van der Waals surface area contributed by atoms with Crippen LogP contribution in [0, 0.1) is 5.92 Å². The Morgan fingerprint density at radius 3 is 2.64 bits per heavy atom. The zero-order valence-corrected chi connectivity index (χ0v) is 20.0. The lowest BCUT2D eigenvalue weighted by molar-refractivity contribution is -0.125. The molecule has 0 aliphatic carbocycles. The topological polar surface area (TPSA) is 67.5 Å². The van der Waals surface area contributed by atoms with E-state index < -0.39 is 0 Å². The van der Waals surface area contributed by atoms with Gasteiger partial charge < -0.3 is 25.0 Å². The zero-order valence-electron chi connectivity index (χ0n) is 20.0. The Bertz CT molecular complexity index is 866. The number of likely N-dealkylation sites (tertiary alicyclic amines) is 2. The van der Waals surface area contributed by atoms with E-state index >= 15 is 0 Å². The van der Waals surface area contributed by atoms with Crippen LogP contribution in [0.3, 0.4) is 0 Å². The van der Waals surface area contributed by atoms with Crippen LogP contribution in [0.2, 0.25) is 0 Å². The van der Waals surface area contributed by atoms with Crippen LogP contribution in [0.4, 0.5) is 5.95 Å². The van der Waals surface area contributed by atoms with E-state index in [1.165, 1.54) is 58.3 Å². The van der Waals surface area contributed by atoms with Gasteiger partial charge in [-0.25, -0.2) is 4.98 Å². The van der Waals surface area contributed by atoms with Gasteiger partial charge in [0.1, 0.15) is 0 Å². The Morgan fingerprint density at radius 1 is 1.00 bits per heavy atom. The Labute approximate surface area is 197 Å².